The first-order valence-electron chi connectivity index (χ1n) is 9.87. The van der Waals surface area contributed by atoms with Crippen LogP contribution in [0.1, 0.15) is 30.1 Å². The summed E-state index contributed by atoms with van der Waals surface area (Å²) in [5.74, 6) is 2.77. The standard InChI is InChI=1S/C23H23N5/c1-2-4-21-19(3-1)5-6-22(26-21)27-14-9-20(10-15-27)23-25-13-16-28(23)17-18-7-11-24-12-8-18/h1-8,11-13,16,20H,9-10,14-15,17H2. The summed E-state index contributed by atoms with van der Waals surface area (Å²) < 4.78 is 2.28. The Balaban J connectivity index is 1.29. The fourth-order valence-corrected chi connectivity index (χ4v) is 4.10. The minimum Gasteiger partial charge on any atom is -0.357 e. The highest BCUT2D eigenvalue weighted by molar-refractivity contribution is 5.80. The summed E-state index contributed by atoms with van der Waals surface area (Å²) in [6.07, 6.45) is 9.91. The lowest BCUT2D eigenvalue weighted by Gasteiger charge is -2.32. The number of imidazole rings is 1. The summed E-state index contributed by atoms with van der Waals surface area (Å²) in [7, 11) is 0. The summed E-state index contributed by atoms with van der Waals surface area (Å²) in [5, 5.41) is 1.19. The van der Waals surface area contributed by atoms with E-state index >= 15 is 0 Å². The number of benzene rings is 1. The molecule has 140 valence electrons. The van der Waals surface area contributed by atoms with Crippen molar-refractivity contribution in [3.8, 4) is 0 Å². The number of anilines is 1. The molecule has 0 spiro atoms. The third-order valence-electron chi connectivity index (χ3n) is 5.62. The number of hydrogen-bond donors (Lipinski definition) is 0. The van der Waals surface area contributed by atoms with Crippen LogP contribution in [0, 0.1) is 0 Å². The molecule has 28 heavy (non-hydrogen) atoms. The van der Waals surface area contributed by atoms with E-state index in [0.29, 0.717) is 5.92 Å². The van der Waals surface area contributed by atoms with Gasteiger partial charge in [0.05, 0.1) is 5.52 Å². The Hall–Kier alpha value is -3.21. The molecule has 1 aliphatic heterocycles. The summed E-state index contributed by atoms with van der Waals surface area (Å²) in [5.41, 5.74) is 2.32. The van der Waals surface area contributed by atoms with E-state index in [9.17, 15) is 0 Å². The predicted molar refractivity (Wildman–Crippen MR) is 111 cm³/mol. The van der Waals surface area contributed by atoms with Crippen molar-refractivity contribution >= 4 is 16.7 Å². The van der Waals surface area contributed by atoms with Crippen molar-refractivity contribution in [2.75, 3.05) is 18.0 Å². The van der Waals surface area contributed by atoms with Crippen molar-refractivity contribution in [3.05, 3.63) is 84.7 Å². The Kier molecular flexibility index (Phi) is 4.49. The maximum Gasteiger partial charge on any atom is 0.129 e. The number of aromatic nitrogens is 4. The molecule has 4 aromatic rings. The predicted octanol–water partition coefficient (Wildman–Crippen LogP) is 4.26. The lowest BCUT2D eigenvalue weighted by Crippen LogP contribution is -2.34. The van der Waals surface area contributed by atoms with Gasteiger partial charge >= 0.3 is 0 Å². The van der Waals surface area contributed by atoms with Crippen LogP contribution in [-0.4, -0.2) is 32.6 Å². The Morgan fingerprint density at radius 2 is 1.71 bits per heavy atom. The van der Waals surface area contributed by atoms with Crippen LogP contribution in [0.5, 0.6) is 0 Å². The van der Waals surface area contributed by atoms with Gasteiger partial charge < -0.3 is 9.47 Å². The summed E-state index contributed by atoms with van der Waals surface area (Å²) in [4.78, 5) is 16.1. The van der Waals surface area contributed by atoms with E-state index in [0.717, 1.165) is 43.8 Å². The molecule has 0 aliphatic carbocycles. The Morgan fingerprint density at radius 1 is 0.893 bits per heavy atom. The number of hydrogen-bond acceptors (Lipinski definition) is 4. The molecule has 5 heteroatoms. The molecule has 0 bridgehead atoms. The van der Waals surface area contributed by atoms with Crippen LogP contribution in [0.3, 0.4) is 0 Å². The first kappa shape index (κ1) is 16.9. The lowest BCUT2D eigenvalue weighted by molar-refractivity contribution is 0.468. The number of rotatable bonds is 4. The van der Waals surface area contributed by atoms with E-state index in [1.165, 1.54) is 16.8 Å². The molecule has 1 aliphatic rings. The van der Waals surface area contributed by atoms with E-state index in [1.807, 2.05) is 24.7 Å². The Bertz CT molecular complexity index is 1060. The minimum absolute atomic E-state index is 0.494. The molecular weight excluding hydrogens is 346 g/mol. The third-order valence-corrected chi connectivity index (χ3v) is 5.62. The number of para-hydroxylation sites is 1. The molecule has 0 atom stereocenters. The molecular formula is C23H23N5. The first-order chi connectivity index (χ1) is 13.9. The van der Waals surface area contributed by atoms with Crippen molar-refractivity contribution in [1.82, 2.24) is 19.5 Å². The molecule has 0 amide bonds. The lowest BCUT2D eigenvalue weighted by atomic mass is 9.95. The zero-order valence-electron chi connectivity index (χ0n) is 15.8. The quantitative estimate of drug-likeness (QED) is 0.539. The second kappa shape index (κ2) is 7.43. The van der Waals surface area contributed by atoms with Crippen molar-refractivity contribution < 1.29 is 0 Å². The highest BCUT2D eigenvalue weighted by Gasteiger charge is 2.24. The van der Waals surface area contributed by atoms with Gasteiger partial charge in [0.25, 0.3) is 0 Å². The summed E-state index contributed by atoms with van der Waals surface area (Å²) in [6.45, 7) is 2.88. The molecule has 0 radical (unpaired) electrons. The van der Waals surface area contributed by atoms with E-state index < -0.39 is 0 Å². The molecule has 1 fully saturated rings. The monoisotopic (exact) mass is 369 g/mol. The largest absolute Gasteiger partial charge is 0.357 e. The van der Waals surface area contributed by atoms with Crippen LogP contribution in [0.2, 0.25) is 0 Å². The zero-order chi connectivity index (χ0) is 18.8. The normalized spacial score (nSPS) is 15.2. The van der Waals surface area contributed by atoms with Crippen molar-refractivity contribution in [1.29, 1.82) is 0 Å². The van der Waals surface area contributed by atoms with Gasteiger partial charge in [-0.2, -0.15) is 0 Å². The molecule has 3 aromatic heterocycles. The fourth-order valence-electron chi connectivity index (χ4n) is 4.10. The highest BCUT2D eigenvalue weighted by Crippen LogP contribution is 2.30. The maximum absolute atomic E-state index is 4.86. The molecule has 0 unspecified atom stereocenters. The molecule has 5 rings (SSSR count). The van der Waals surface area contributed by atoms with Gasteiger partial charge in [-0.1, -0.05) is 18.2 Å². The zero-order valence-corrected chi connectivity index (χ0v) is 15.8. The average Bonchev–Trinajstić information content (AvgIpc) is 3.22. The van der Waals surface area contributed by atoms with Gasteiger partial charge in [0, 0.05) is 55.7 Å². The van der Waals surface area contributed by atoms with Crippen molar-refractivity contribution in [2.24, 2.45) is 0 Å². The van der Waals surface area contributed by atoms with Crippen LogP contribution < -0.4 is 4.90 Å². The second-order valence-corrected chi connectivity index (χ2v) is 7.39. The van der Waals surface area contributed by atoms with Crippen LogP contribution in [-0.2, 0) is 6.54 Å². The van der Waals surface area contributed by atoms with Gasteiger partial charge in [-0.15, -0.1) is 0 Å². The Labute approximate surface area is 164 Å². The second-order valence-electron chi connectivity index (χ2n) is 7.39. The van der Waals surface area contributed by atoms with E-state index in [1.54, 1.807) is 0 Å². The summed E-state index contributed by atoms with van der Waals surface area (Å²) in [6, 6.07) is 16.8. The topological polar surface area (TPSA) is 46.8 Å². The molecule has 0 N–H and O–H groups in total. The molecule has 4 heterocycles. The van der Waals surface area contributed by atoms with Crippen LogP contribution >= 0.6 is 0 Å². The van der Waals surface area contributed by atoms with E-state index in [-0.39, 0.29) is 0 Å². The SMILES string of the molecule is c1ccc2nc(N3CCC(c4nccn4Cc4ccncc4)CC3)ccc2c1. The van der Waals surface area contributed by atoms with Crippen LogP contribution in [0.4, 0.5) is 5.82 Å². The maximum atomic E-state index is 4.86. The van der Waals surface area contributed by atoms with Crippen molar-refractivity contribution in [3.63, 3.8) is 0 Å². The summed E-state index contributed by atoms with van der Waals surface area (Å²) >= 11 is 0. The van der Waals surface area contributed by atoms with Gasteiger partial charge in [0.15, 0.2) is 0 Å². The van der Waals surface area contributed by atoms with Gasteiger partial charge in [-0.05, 0) is 48.7 Å². The number of pyridine rings is 2. The third kappa shape index (κ3) is 3.36. The first-order valence-corrected chi connectivity index (χ1v) is 9.87. The van der Waals surface area contributed by atoms with Crippen LogP contribution in [0.25, 0.3) is 10.9 Å². The van der Waals surface area contributed by atoms with Crippen LogP contribution in [0.15, 0.2) is 73.3 Å². The van der Waals surface area contributed by atoms with Gasteiger partial charge in [-0.25, -0.2) is 9.97 Å². The molecule has 1 aromatic carbocycles. The van der Waals surface area contributed by atoms with E-state index in [2.05, 4.69) is 68.1 Å². The number of nitrogens with zero attached hydrogens (tertiary/aromatic N) is 5. The highest BCUT2D eigenvalue weighted by atomic mass is 15.2. The smallest absolute Gasteiger partial charge is 0.129 e. The van der Waals surface area contributed by atoms with Gasteiger partial charge in [0.2, 0.25) is 0 Å². The minimum atomic E-state index is 0.494. The van der Waals surface area contributed by atoms with Gasteiger partial charge in [-0.3, -0.25) is 4.98 Å². The van der Waals surface area contributed by atoms with Gasteiger partial charge in [0.1, 0.15) is 11.6 Å². The molecule has 0 saturated carbocycles. The van der Waals surface area contributed by atoms with Crippen molar-refractivity contribution in [2.45, 2.75) is 25.3 Å². The molecule has 1 saturated heterocycles. The Morgan fingerprint density at radius 3 is 2.57 bits per heavy atom. The fraction of sp³-hybridized carbons (Fsp3) is 0.261. The van der Waals surface area contributed by atoms with E-state index in [4.69, 9.17) is 4.98 Å². The number of piperidine rings is 1. The molecule has 5 nitrogen and oxygen atoms in total. The number of fused-ring (bicyclic) bond motifs is 1. The average molecular weight is 369 g/mol.